The molecule has 2 aromatic carbocycles. The fourth-order valence-electron chi connectivity index (χ4n) is 2.36. The van der Waals surface area contributed by atoms with E-state index in [1.807, 2.05) is 47.9 Å². The van der Waals surface area contributed by atoms with Crippen LogP contribution in [-0.2, 0) is 11.3 Å². The van der Waals surface area contributed by atoms with Gasteiger partial charge in [0.1, 0.15) is 0 Å². The van der Waals surface area contributed by atoms with Crippen LogP contribution in [0.5, 0.6) is 0 Å². The van der Waals surface area contributed by atoms with Crippen molar-refractivity contribution in [1.82, 2.24) is 15.0 Å². The molecule has 0 aliphatic heterocycles. The Bertz CT molecular complexity index is 870. The van der Waals surface area contributed by atoms with Crippen molar-refractivity contribution in [3.05, 3.63) is 65.4 Å². The fraction of sp³-hybridized carbons (Fsp3) is 0.167. The van der Waals surface area contributed by atoms with Crippen LogP contribution in [0.3, 0.4) is 0 Å². The number of rotatable bonds is 5. The summed E-state index contributed by atoms with van der Waals surface area (Å²) in [7, 11) is 0. The van der Waals surface area contributed by atoms with Crippen LogP contribution in [-0.4, -0.2) is 21.7 Å². The zero-order chi connectivity index (χ0) is 16.9. The van der Waals surface area contributed by atoms with Gasteiger partial charge in [-0.2, -0.15) is 5.10 Å². The number of hydrogen-bond donors (Lipinski definition) is 1. The number of halogens is 1. The van der Waals surface area contributed by atoms with Gasteiger partial charge in [-0.05, 0) is 29.8 Å². The predicted molar refractivity (Wildman–Crippen MR) is 96.1 cm³/mol. The molecule has 3 aromatic rings. The molecule has 0 aliphatic carbocycles. The maximum Gasteiger partial charge on any atom is 0.244 e. The van der Waals surface area contributed by atoms with E-state index in [1.54, 1.807) is 24.7 Å². The van der Waals surface area contributed by atoms with Gasteiger partial charge in [0.2, 0.25) is 5.91 Å². The molecule has 0 spiro atoms. The highest BCUT2D eigenvalue weighted by molar-refractivity contribution is 6.30. The van der Waals surface area contributed by atoms with Crippen molar-refractivity contribution in [2.75, 3.05) is 0 Å². The van der Waals surface area contributed by atoms with E-state index in [2.05, 4.69) is 15.5 Å². The van der Waals surface area contributed by atoms with Gasteiger partial charge in [0.25, 0.3) is 0 Å². The van der Waals surface area contributed by atoms with Gasteiger partial charge in [0, 0.05) is 11.6 Å². The molecular weight excluding hydrogens is 324 g/mol. The minimum Gasteiger partial charge on any atom is -0.330 e. The van der Waals surface area contributed by atoms with Gasteiger partial charge in [-0.25, -0.2) is 10.4 Å². The lowest BCUT2D eigenvalue weighted by molar-refractivity contribution is -0.124. The predicted octanol–water partition coefficient (Wildman–Crippen LogP) is 3.48. The number of nitrogens with one attached hydrogen (secondary N) is 1. The lowest BCUT2D eigenvalue weighted by Crippen LogP contribution is -2.27. The minimum atomic E-state index is -0.232. The SMILES string of the molecule is C[C@H](Cn1cnc2ccccc21)C(=O)N/N=C\c1ccc(Cl)cc1. The first-order chi connectivity index (χ1) is 11.6. The zero-order valence-electron chi connectivity index (χ0n) is 13.2. The van der Waals surface area contributed by atoms with Crippen molar-refractivity contribution < 1.29 is 4.79 Å². The third-order valence-electron chi connectivity index (χ3n) is 3.70. The van der Waals surface area contributed by atoms with Gasteiger partial charge in [-0.1, -0.05) is 42.8 Å². The third kappa shape index (κ3) is 3.81. The summed E-state index contributed by atoms with van der Waals surface area (Å²) in [5, 5.41) is 4.66. The number of carbonyl (C=O) groups excluding carboxylic acids is 1. The Morgan fingerprint density at radius 3 is 2.83 bits per heavy atom. The average molecular weight is 341 g/mol. The molecular formula is C18H17ClN4O. The summed E-state index contributed by atoms with van der Waals surface area (Å²) >= 11 is 5.83. The topological polar surface area (TPSA) is 59.3 Å². The Balaban J connectivity index is 1.59. The number of nitrogens with zero attached hydrogens (tertiary/aromatic N) is 3. The van der Waals surface area contributed by atoms with E-state index < -0.39 is 0 Å². The van der Waals surface area contributed by atoms with Gasteiger partial charge < -0.3 is 4.57 Å². The number of amides is 1. The normalized spacial score (nSPS) is 12.6. The second kappa shape index (κ2) is 7.27. The Morgan fingerprint density at radius 2 is 2.04 bits per heavy atom. The van der Waals surface area contributed by atoms with E-state index in [-0.39, 0.29) is 11.8 Å². The highest BCUT2D eigenvalue weighted by atomic mass is 35.5. The van der Waals surface area contributed by atoms with E-state index in [0.29, 0.717) is 11.6 Å². The lowest BCUT2D eigenvalue weighted by atomic mass is 10.1. The molecule has 1 heterocycles. The van der Waals surface area contributed by atoms with Gasteiger partial charge in [0.05, 0.1) is 29.5 Å². The Labute approximate surface area is 145 Å². The summed E-state index contributed by atoms with van der Waals surface area (Å²) in [5.74, 6) is -0.372. The number of imidazole rings is 1. The van der Waals surface area contributed by atoms with Crippen LogP contribution in [0, 0.1) is 5.92 Å². The molecule has 1 aromatic heterocycles. The van der Waals surface area contributed by atoms with Crippen LogP contribution in [0.4, 0.5) is 0 Å². The van der Waals surface area contributed by atoms with Gasteiger partial charge in [-0.3, -0.25) is 4.79 Å². The molecule has 1 amide bonds. The first-order valence-electron chi connectivity index (χ1n) is 7.62. The third-order valence-corrected chi connectivity index (χ3v) is 3.96. The maximum atomic E-state index is 12.2. The summed E-state index contributed by atoms with van der Waals surface area (Å²) in [5.41, 5.74) is 5.38. The van der Waals surface area contributed by atoms with Crippen LogP contribution in [0.1, 0.15) is 12.5 Å². The molecule has 0 radical (unpaired) electrons. The highest BCUT2D eigenvalue weighted by Gasteiger charge is 2.14. The first kappa shape index (κ1) is 16.2. The summed E-state index contributed by atoms with van der Waals surface area (Å²) < 4.78 is 1.97. The van der Waals surface area contributed by atoms with Crippen molar-refractivity contribution in [2.24, 2.45) is 11.0 Å². The average Bonchev–Trinajstić information content (AvgIpc) is 3.00. The molecule has 5 nitrogen and oxygen atoms in total. The van der Waals surface area contributed by atoms with Gasteiger partial charge >= 0.3 is 0 Å². The van der Waals surface area contributed by atoms with E-state index >= 15 is 0 Å². The van der Waals surface area contributed by atoms with Crippen LogP contribution < -0.4 is 5.43 Å². The standard InChI is InChI=1S/C18H17ClN4O/c1-13(11-23-12-20-16-4-2-3-5-17(16)23)18(24)22-21-10-14-6-8-15(19)9-7-14/h2-10,12-13H,11H2,1H3,(H,22,24)/b21-10-/t13-/m1/s1. The van der Waals surface area contributed by atoms with Gasteiger partial charge in [-0.15, -0.1) is 0 Å². The lowest BCUT2D eigenvalue weighted by Gasteiger charge is -2.11. The molecule has 0 saturated carbocycles. The van der Waals surface area contributed by atoms with E-state index in [1.165, 1.54) is 0 Å². The molecule has 1 N–H and O–H groups in total. The second-order valence-corrected chi connectivity index (χ2v) is 6.01. The Hall–Kier alpha value is -2.66. The Morgan fingerprint density at radius 1 is 1.29 bits per heavy atom. The summed E-state index contributed by atoms with van der Waals surface area (Å²) in [4.78, 5) is 16.5. The van der Waals surface area contributed by atoms with Crippen LogP contribution in [0.15, 0.2) is 60.0 Å². The molecule has 0 aliphatic rings. The quantitative estimate of drug-likeness (QED) is 0.571. The second-order valence-electron chi connectivity index (χ2n) is 5.57. The number of hydrogen-bond acceptors (Lipinski definition) is 3. The van der Waals surface area contributed by atoms with E-state index in [9.17, 15) is 4.79 Å². The number of hydrazone groups is 1. The molecule has 0 bridgehead atoms. The molecule has 1 atom stereocenters. The van der Waals surface area contributed by atoms with Crippen molar-refractivity contribution in [2.45, 2.75) is 13.5 Å². The highest BCUT2D eigenvalue weighted by Crippen LogP contribution is 2.14. The maximum absolute atomic E-state index is 12.2. The van der Waals surface area contributed by atoms with E-state index in [4.69, 9.17) is 11.6 Å². The van der Waals surface area contributed by atoms with Crippen LogP contribution in [0.25, 0.3) is 11.0 Å². The molecule has 122 valence electrons. The number of fused-ring (bicyclic) bond motifs is 1. The fourth-order valence-corrected chi connectivity index (χ4v) is 2.49. The molecule has 24 heavy (non-hydrogen) atoms. The number of benzene rings is 2. The zero-order valence-corrected chi connectivity index (χ0v) is 13.9. The first-order valence-corrected chi connectivity index (χ1v) is 7.99. The number of aromatic nitrogens is 2. The molecule has 0 saturated heterocycles. The molecule has 0 unspecified atom stereocenters. The van der Waals surface area contributed by atoms with Crippen molar-refractivity contribution in [1.29, 1.82) is 0 Å². The van der Waals surface area contributed by atoms with Crippen LogP contribution in [0.2, 0.25) is 5.02 Å². The van der Waals surface area contributed by atoms with Crippen molar-refractivity contribution >= 4 is 34.8 Å². The monoisotopic (exact) mass is 340 g/mol. The summed E-state index contributed by atoms with van der Waals surface area (Å²) in [6.45, 7) is 2.41. The molecule has 0 fully saturated rings. The van der Waals surface area contributed by atoms with Crippen molar-refractivity contribution in [3.63, 3.8) is 0 Å². The largest absolute Gasteiger partial charge is 0.330 e. The van der Waals surface area contributed by atoms with Crippen molar-refractivity contribution in [3.8, 4) is 0 Å². The minimum absolute atomic E-state index is 0.141. The van der Waals surface area contributed by atoms with Gasteiger partial charge in [0.15, 0.2) is 0 Å². The Kier molecular flexibility index (Phi) is 4.91. The molecule has 3 rings (SSSR count). The smallest absolute Gasteiger partial charge is 0.244 e. The molecule has 6 heteroatoms. The summed E-state index contributed by atoms with van der Waals surface area (Å²) in [6.07, 6.45) is 3.35. The van der Waals surface area contributed by atoms with E-state index in [0.717, 1.165) is 16.6 Å². The number of para-hydroxylation sites is 2. The van der Waals surface area contributed by atoms with Crippen LogP contribution >= 0.6 is 11.6 Å². The number of carbonyl (C=O) groups is 1. The summed E-state index contributed by atoms with van der Waals surface area (Å²) in [6, 6.07) is 15.1.